The van der Waals surface area contributed by atoms with Gasteiger partial charge >= 0.3 is 12.1 Å². The van der Waals surface area contributed by atoms with Crippen LogP contribution >= 0.6 is 0 Å². The highest BCUT2D eigenvalue weighted by Gasteiger charge is 2.47. The molecule has 0 radical (unpaired) electrons. The molecule has 3 saturated heterocycles. The van der Waals surface area contributed by atoms with Crippen molar-refractivity contribution in [1.29, 1.82) is 0 Å². The summed E-state index contributed by atoms with van der Waals surface area (Å²) in [5.74, 6) is -0.383. The van der Waals surface area contributed by atoms with Crippen LogP contribution in [0.3, 0.4) is 0 Å². The van der Waals surface area contributed by atoms with Gasteiger partial charge in [-0.1, -0.05) is 0 Å². The fraction of sp³-hybridized carbons (Fsp3) is 0.824. The molecule has 4 amide bonds. The fourth-order valence-corrected chi connectivity index (χ4v) is 3.62. The second-order valence-electron chi connectivity index (χ2n) is 8.28. The van der Waals surface area contributed by atoms with Crippen LogP contribution in [-0.2, 0) is 14.4 Å². The molecule has 3 heterocycles. The lowest BCUT2D eigenvalue weighted by molar-refractivity contribution is -0.146. The number of amides is 4. The Morgan fingerprint density at radius 2 is 1.81 bits per heavy atom. The van der Waals surface area contributed by atoms with E-state index < -0.39 is 17.7 Å². The van der Waals surface area contributed by atoms with Gasteiger partial charge in [0.1, 0.15) is 11.6 Å². The Morgan fingerprint density at radius 1 is 1.15 bits per heavy atom. The molecule has 0 aromatic carbocycles. The van der Waals surface area contributed by atoms with Crippen molar-refractivity contribution in [2.24, 2.45) is 0 Å². The van der Waals surface area contributed by atoms with Crippen LogP contribution in [0.25, 0.3) is 0 Å². The van der Waals surface area contributed by atoms with E-state index in [0.29, 0.717) is 50.4 Å². The van der Waals surface area contributed by atoms with Crippen LogP contribution in [0, 0.1) is 0 Å². The summed E-state index contributed by atoms with van der Waals surface area (Å²) < 4.78 is 5.35. The first-order chi connectivity index (χ1) is 12.7. The number of ether oxygens (including phenoxy) is 1. The Bertz CT molecular complexity index is 599. The number of hydroxylamine groups is 3. The summed E-state index contributed by atoms with van der Waals surface area (Å²) in [5, 5.41) is 10.4. The van der Waals surface area contributed by atoms with E-state index in [1.807, 2.05) is 20.8 Å². The molecule has 0 spiro atoms. The molecule has 2 unspecified atom stereocenters. The standard InChI is InChI=1S/C17H28N4O6/c1-17(2,3)26-16(24)19-8-6-12(7-9-19)27-18-14(22)13-5-4-11-10-20(13)15(23)21(11)25/h11-13,25H,4-10H2,1-3H3,(H,18,22). The van der Waals surface area contributed by atoms with Crippen molar-refractivity contribution in [3.63, 3.8) is 0 Å². The summed E-state index contributed by atoms with van der Waals surface area (Å²) in [4.78, 5) is 44.9. The molecule has 27 heavy (non-hydrogen) atoms. The van der Waals surface area contributed by atoms with Crippen LogP contribution in [-0.4, -0.2) is 81.5 Å². The van der Waals surface area contributed by atoms with Gasteiger partial charge in [-0.05, 0) is 46.5 Å². The van der Waals surface area contributed by atoms with Crippen molar-refractivity contribution in [2.45, 2.75) is 70.2 Å². The molecular weight excluding hydrogens is 356 g/mol. The number of hydrogen-bond acceptors (Lipinski definition) is 6. The molecule has 10 nitrogen and oxygen atoms in total. The minimum absolute atomic E-state index is 0.201. The maximum atomic E-state index is 12.4. The number of carbonyl (C=O) groups is 3. The van der Waals surface area contributed by atoms with Crippen molar-refractivity contribution < 1.29 is 29.2 Å². The fourth-order valence-electron chi connectivity index (χ4n) is 3.62. The Kier molecular flexibility index (Phi) is 5.48. The van der Waals surface area contributed by atoms with Gasteiger partial charge in [0.25, 0.3) is 5.91 Å². The van der Waals surface area contributed by atoms with E-state index in [1.165, 1.54) is 4.90 Å². The van der Waals surface area contributed by atoms with E-state index in [9.17, 15) is 19.6 Å². The van der Waals surface area contributed by atoms with Crippen LogP contribution in [0.15, 0.2) is 0 Å². The second kappa shape index (κ2) is 7.51. The maximum absolute atomic E-state index is 12.4. The molecule has 0 aromatic heterocycles. The summed E-state index contributed by atoms with van der Waals surface area (Å²) in [6, 6.07) is -1.41. The van der Waals surface area contributed by atoms with Gasteiger partial charge in [0.2, 0.25) is 0 Å². The molecular formula is C17H28N4O6. The lowest BCUT2D eigenvalue weighted by atomic mass is 10.0. The van der Waals surface area contributed by atoms with E-state index >= 15 is 0 Å². The van der Waals surface area contributed by atoms with E-state index in [-0.39, 0.29) is 24.1 Å². The summed E-state index contributed by atoms with van der Waals surface area (Å²) in [6.07, 6.45) is 1.68. The van der Waals surface area contributed by atoms with Crippen molar-refractivity contribution in [1.82, 2.24) is 20.3 Å². The molecule has 3 aliphatic rings. The van der Waals surface area contributed by atoms with Gasteiger partial charge in [0.15, 0.2) is 0 Å². The number of rotatable bonds is 3. The molecule has 10 heteroatoms. The highest BCUT2D eigenvalue weighted by Crippen LogP contribution is 2.28. The van der Waals surface area contributed by atoms with Gasteiger partial charge in [-0.15, -0.1) is 0 Å². The zero-order chi connectivity index (χ0) is 19.8. The first kappa shape index (κ1) is 19.7. The number of urea groups is 1. The average molecular weight is 384 g/mol. The number of carbonyl (C=O) groups excluding carboxylic acids is 3. The molecule has 2 N–H and O–H groups in total. The smallest absolute Gasteiger partial charge is 0.410 e. The van der Waals surface area contributed by atoms with Crippen LogP contribution < -0.4 is 5.48 Å². The molecule has 2 atom stereocenters. The Morgan fingerprint density at radius 3 is 2.44 bits per heavy atom. The predicted molar refractivity (Wildman–Crippen MR) is 92.6 cm³/mol. The Balaban J connectivity index is 1.42. The van der Waals surface area contributed by atoms with Crippen LogP contribution in [0.4, 0.5) is 9.59 Å². The van der Waals surface area contributed by atoms with Crippen molar-refractivity contribution in [3.8, 4) is 0 Å². The van der Waals surface area contributed by atoms with Crippen molar-refractivity contribution >= 4 is 18.0 Å². The minimum atomic E-state index is -0.632. The summed E-state index contributed by atoms with van der Waals surface area (Å²) in [6.45, 7) is 6.80. The zero-order valence-electron chi connectivity index (χ0n) is 16.0. The molecule has 0 aliphatic carbocycles. The topological polar surface area (TPSA) is 112 Å². The first-order valence-electron chi connectivity index (χ1n) is 9.38. The van der Waals surface area contributed by atoms with E-state index in [1.54, 1.807) is 4.90 Å². The third-order valence-electron chi connectivity index (χ3n) is 5.07. The quantitative estimate of drug-likeness (QED) is 0.557. The van der Waals surface area contributed by atoms with Gasteiger partial charge in [-0.25, -0.2) is 20.1 Å². The van der Waals surface area contributed by atoms with Crippen LogP contribution in [0.2, 0.25) is 0 Å². The third kappa shape index (κ3) is 4.44. The molecule has 2 bridgehead atoms. The molecule has 0 aromatic rings. The monoisotopic (exact) mass is 384 g/mol. The van der Waals surface area contributed by atoms with Gasteiger partial charge in [-0.2, -0.15) is 0 Å². The molecule has 3 rings (SSSR count). The Hall–Kier alpha value is -2.07. The lowest BCUT2D eigenvalue weighted by Crippen LogP contribution is -2.51. The zero-order valence-corrected chi connectivity index (χ0v) is 16.0. The number of nitrogens with zero attached hydrogens (tertiary/aromatic N) is 3. The molecule has 3 aliphatic heterocycles. The molecule has 0 saturated carbocycles. The minimum Gasteiger partial charge on any atom is -0.444 e. The van der Waals surface area contributed by atoms with Crippen molar-refractivity contribution in [2.75, 3.05) is 19.6 Å². The number of piperidine rings is 2. The number of fused-ring (bicyclic) bond motifs is 2. The number of hydrogen-bond donors (Lipinski definition) is 2. The summed E-state index contributed by atoms with van der Waals surface area (Å²) in [5.41, 5.74) is 1.92. The Labute approximate surface area is 158 Å². The number of nitrogens with one attached hydrogen (secondary N) is 1. The van der Waals surface area contributed by atoms with Gasteiger partial charge in [0.05, 0.1) is 12.1 Å². The summed E-state index contributed by atoms with van der Waals surface area (Å²) >= 11 is 0. The molecule has 3 fully saturated rings. The van der Waals surface area contributed by atoms with E-state index in [2.05, 4.69) is 5.48 Å². The normalized spacial score (nSPS) is 26.4. The van der Waals surface area contributed by atoms with E-state index in [0.717, 1.165) is 0 Å². The van der Waals surface area contributed by atoms with Gasteiger partial charge < -0.3 is 14.5 Å². The van der Waals surface area contributed by atoms with E-state index in [4.69, 9.17) is 9.57 Å². The van der Waals surface area contributed by atoms with Gasteiger partial charge in [0, 0.05) is 19.6 Å². The van der Waals surface area contributed by atoms with Crippen molar-refractivity contribution in [3.05, 3.63) is 0 Å². The largest absolute Gasteiger partial charge is 0.444 e. The molecule has 152 valence electrons. The predicted octanol–water partition coefficient (Wildman–Crippen LogP) is 1.09. The van der Waals surface area contributed by atoms with Crippen LogP contribution in [0.5, 0.6) is 0 Å². The highest BCUT2D eigenvalue weighted by atomic mass is 16.7. The third-order valence-corrected chi connectivity index (χ3v) is 5.07. The summed E-state index contributed by atoms with van der Waals surface area (Å²) in [7, 11) is 0. The first-order valence-corrected chi connectivity index (χ1v) is 9.38. The second-order valence-corrected chi connectivity index (χ2v) is 8.28. The SMILES string of the molecule is CC(C)(C)OC(=O)N1CCC(ONC(=O)C2CCC3CN2C(=O)N3O)CC1. The average Bonchev–Trinajstić information content (AvgIpc) is 2.83. The number of likely N-dealkylation sites (tertiary alicyclic amines) is 1. The van der Waals surface area contributed by atoms with Crippen LogP contribution in [0.1, 0.15) is 46.5 Å². The lowest BCUT2D eigenvalue weighted by Gasteiger charge is -2.33. The van der Waals surface area contributed by atoms with Gasteiger partial charge in [-0.3, -0.25) is 14.8 Å². The highest BCUT2D eigenvalue weighted by molar-refractivity contribution is 5.87. The maximum Gasteiger partial charge on any atom is 0.410 e.